The van der Waals surface area contributed by atoms with Crippen LogP contribution in [0.2, 0.25) is 0 Å². The van der Waals surface area contributed by atoms with E-state index in [1.54, 1.807) is 11.3 Å². The third-order valence-electron chi connectivity index (χ3n) is 3.48. The standard InChI is InChI=1S/C12H21N3S/c1-9(12-14-6-7-16-12)15-8-10-4-2-3-5-11(10)13/h6-7,9-11,15H,2-5,8,13H2,1H3. The van der Waals surface area contributed by atoms with E-state index in [-0.39, 0.29) is 0 Å². The van der Waals surface area contributed by atoms with E-state index in [0.29, 0.717) is 18.0 Å². The number of thiazole rings is 1. The Morgan fingerprint density at radius 3 is 3.06 bits per heavy atom. The van der Waals surface area contributed by atoms with Gasteiger partial charge < -0.3 is 11.1 Å². The van der Waals surface area contributed by atoms with E-state index in [2.05, 4.69) is 17.2 Å². The summed E-state index contributed by atoms with van der Waals surface area (Å²) in [5.41, 5.74) is 6.13. The molecule has 4 heteroatoms. The molecule has 1 fully saturated rings. The molecule has 0 spiro atoms. The molecule has 3 atom stereocenters. The summed E-state index contributed by atoms with van der Waals surface area (Å²) in [7, 11) is 0. The van der Waals surface area contributed by atoms with Crippen LogP contribution in [0.3, 0.4) is 0 Å². The minimum Gasteiger partial charge on any atom is -0.327 e. The van der Waals surface area contributed by atoms with Crippen molar-refractivity contribution in [2.24, 2.45) is 11.7 Å². The van der Waals surface area contributed by atoms with Gasteiger partial charge in [-0.05, 0) is 25.7 Å². The number of hydrogen-bond donors (Lipinski definition) is 2. The van der Waals surface area contributed by atoms with Crippen molar-refractivity contribution in [3.63, 3.8) is 0 Å². The van der Waals surface area contributed by atoms with Crippen LogP contribution in [0.5, 0.6) is 0 Å². The number of rotatable bonds is 4. The predicted molar refractivity (Wildman–Crippen MR) is 68.5 cm³/mol. The first kappa shape index (κ1) is 12.0. The second-order valence-corrected chi connectivity index (χ2v) is 5.63. The van der Waals surface area contributed by atoms with E-state index in [1.807, 2.05) is 11.6 Å². The lowest BCUT2D eigenvalue weighted by atomic mass is 9.85. The van der Waals surface area contributed by atoms with Crippen molar-refractivity contribution in [2.45, 2.75) is 44.7 Å². The van der Waals surface area contributed by atoms with Gasteiger partial charge >= 0.3 is 0 Å². The van der Waals surface area contributed by atoms with Crippen LogP contribution in [-0.2, 0) is 0 Å². The maximum Gasteiger partial charge on any atom is 0.109 e. The molecule has 90 valence electrons. The van der Waals surface area contributed by atoms with Gasteiger partial charge in [-0.15, -0.1) is 11.3 Å². The normalized spacial score (nSPS) is 27.9. The van der Waals surface area contributed by atoms with Gasteiger partial charge in [0.25, 0.3) is 0 Å². The summed E-state index contributed by atoms with van der Waals surface area (Å²) in [5, 5.41) is 6.75. The van der Waals surface area contributed by atoms with E-state index >= 15 is 0 Å². The highest BCUT2D eigenvalue weighted by Gasteiger charge is 2.22. The van der Waals surface area contributed by atoms with E-state index in [9.17, 15) is 0 Å². The third kappa shape index (κ3) is 3.03. The Hall–Kier alpha value is -0.450. The summed E-state index contributed by atoms with van der Waals surface area (Å²) in [5.74, 6) is 0.649. The molecule has 1 aromatic heterocycles. The SMILES string of the molecule is CC(NCC1CCCCC1N)c1nccs1. The van der Waals surface area contributed by atoms with Crippen LogP contribution in [0, 0.1) is 5.92 Å². The Labute approximate surface area is 101 Å². The third-order valence-corrected chi connectivity index (χ3v) is 4.43. The topological polar surface area (TPSA) is 50.9 Å². The van der Waals surface area contributed by atoms with Crippen LogP contribution in [0.15, 0.2) is 11.6 Å². The van der Waals surface area contributed by atoms with Crippen molar-refractivity contribution in [3.8, 4) is 0 Å². The fraction of sp³-hybridized carbons (Fsp3) is 0.750. The lowest BCUT2D eigenvalue weighted by molar-refractivity contribution is 0.289. The monoisotopic (exact) mass is 239 g/mol. The summed E-state index contributed by atoms with van der Waals surface area (Å²) in [6.07, 6.45) is 6.98. The largest absolute Gasteiger partial charge is 0.327 e. The van der Waals surface area contributed by atoms with Gasteiger partial charge in [-0.3, -0.25) is 0 Å². The first-order valence-corrected chi connectivity index (χ1v) is 7.03. The van der Waals surface area contributed by atoms with Crippen molar-refractivity contribution in [3.05, 3.63) is 16.6 Å². The molecule has 3 N–H and O–H groups in total. The maximum atomic E-state index is 6.13. The second-order valence-electron chi connectivity index (χ2n) is 4.71. The molecule has 0 amide bonds. The van der Waals surface area contributed by atoms with Crippen LogP contribution in [0.4, 0.5) is 0 Å². The number of nitrogens with one attached hydrogen (secondary N) is 1. The highest BCUT2D eigenvalue weighted by atomic mass is 32.1. The van der Waals surface area contributed by atoms with Gasteiger partial charge in [0.05, 0.1) is 6.04 Å². The smallest absolute Gasteiger partial charge is 0.109 e. The summed E-state index contributed by atoms with van der Waals surface area (Å²) < 4.78 is 0. The van der Waals surface area contributed by atoms with E-state index in [0.717, 1.165) is 6.54 Å². The molecule has 2 rings (SSSR count). The molecule has 1 aromatic rings. The molecule has 3 nitrogen and oxygen atoms in total. The highest BCUT2D eigenvalue weighted by Crippen LogP contribution is 2.23. The molecular weight excluding hydrogens is 218 g/mol. The molecule has 0 radical (unpaired) electrons. The van der Waals surface area contributed by atoms with Crippen LogP contribution in [0.1, 0.15) is 43.7 Å². The first-order chi connectivity index (χ1) is 7.77. The Balaban J connectivity index is 1.78. The fourth-order valence-electron chi connectivity index (χ4n) is 2.35. The molecule has 3 unspecified atom stereocenters. The van der Waals surface area contributed by atoms with Crippen molar-refractivity contribution in [2.75, 3.05) is 6.54 Å². The van der Waals surface area contributed by atoms with Crippen molar-refractivity contribution < 1.29 is 0 Å². The van der Waals surface area contributed by atoms with Crippen molar-refractivity contribution >= 4 is 11.3 Å². The molecule has 1 saturated carbocycles. The molecule has 1 aliphatic carbocycles. The summed E-state index contributed by atoms with van der Waals surface area (Å²) in [6.45, 7) is 3.20. The zero-order valence-electron chi connectivity index (χ0n) is 9.86. The van der Waals surface area contributed by atoms with E-state index < -0.39 is 0 Å². The average Bonchev–Trinajstić information content (AvgIpc) is 2.81. The minimum absolute atomic E-state index is 0.356. The summed E-state index contributed by atoms with van der Waals surface area (Å²) >= 11 is 1.71. The van der Waals surface area contributed by atoms with Crippen LogP contribution in [0.25, 0.3) is 0 Å². The zero-order valence-corrected chi connectivity index (χ0v) is 10.7. The molecule has 16 heavy (non-hydrogen) atoms. The molecular formula is C12H21N3S. The van der Waals surface area contributed by atoms with E-state index in [1.165, 1.54) is 30.7 Å². The molecule has 0 bridgehead atoms. The lowest BCUT2D eigenvalue weighted by Gasteiger charge is -2.29. The van der Waals surface area contributed by atoms with Crippen LogP contribution >= 0.6 is 11.3 Å². The number of hydrogen-bond acceptors (Lipinski definition) is 4. The van der Waals surface area contributed by atoms with Gasteiger partial charge in [-0.2, -0.15) is 0 Å². The Morgan fingerprint density at radius 1 is 1.56 bits per heavy atom. The lowest BCUT2D eigenvalue weighted by Crippen LogP contribution is -2.39. The van der Waals surface area contributed by atoms with Crippen molar-refractivity contribution in [1.29, 1.82) is 0 Å². The summed E-state index contributed by atoms with van der Waals surface area (Å²) in [4.78, 5) is 4.32. The molecule has 0 aromatic carbocycles. The van der Waals surface area contributed by atoms with Gasteiger partial charge in [0.2, 0.25) is 0 Å². The van der Waals surface area contributed by atoms with E-state index in [4.69, 9.17) is 5.73 Å². The maximum absolute atomic E-state index is 6.13. The van der Waals surface area contributed by atoms with Crippen LogP contribution in [-0.4, -0.2) is 17.6 Å². The van der Waals surface area contributed by atoms with Gasteiger partial charge in [0.1, 0.15) is 5.01 Å². The highest BCUT2D eigenvalue weighted by molar-refractivity contribution is 7.09. The average molecular weight is 239 g/mol. The molecule has 0 saturated heterocycles. The molecule has 1 aliphatic rings. The minimum atomic E-state index is 0.356. The zero-order chi connectivity index (χ0) is 11.4. The van der Waals surface area contributed by atoms with Crippen LogP contribution < -0.4 is 11.1 Å². The van der Waals surface area contributed by atoms with Gasteiger partial charge in [0, 0.05) is 24.2 Å². The molecule has 0 aliphatic heterocycles. The number of nitrogens with zero attached hydrogens (tertiary/aromatic N) is 1. The van der Waals surface area contributed by atoms with Gasteiger partial charge in [-0.1, -0.05) is 12.8 Å². The fourth-order valence-corrected chi connectivity index (χ4v) is 3.02. The van der Waals surface area contributed by atoms with Crippen molar-refractivity contribution in [1.82, 2.24) is 10.3 Å². The number of aromatic nitrogens is 1. The number of nitrogens with two attached hydrogens (primary N) is 1. The Bertz CT molecular complexity index is 299. The van der Waals surface area contributed by atoms with Gasteiger partial charge in [0.15, 0.2) is 0 Å². The molecule has 1 heterocycles. The summed E-state index contributed by atoms with van der Waals surface area (Å²) in [6, 6.07) is 0.749. The Kier molecular flexibility index (Phi) is 4.32. The Morgan fingerprint density at radius 2 is 2.38 bits per heavy atom. The quantitative estimate of drug-likeness (QED) is 0.847. The second kappa shape index (κ2) is 5.75. The predicted octanol–water partition coefficient (Wildman–Crippen LogP) is 2.31. The van der Waals surface area contributed by atoms with Gasteiger partial charge in [-0.25, -0.2) is 4.98 Å². The first-order valence-electron chi connectivity index (χ1n) is 6.15.